The Morgan fingerprint density at radius 1 is 1.12 bits per heavy atom. The number of benzene rings is 1. The fourth-order valence-electron chi connectivity index (χ4n) is 5.31. The van der Waals surface area contributed by atoms with Crippen molar-refractivity contribution in [3.8, 4) is 17.2 Å². The molecule has 4 aromatic heterocycles. The van der Waals surface area contributed by atoms with Crippen molar-refractivity contribution in [1.29, 1.82) is 0 Å². The number of carbonyl (C=O) groups is 1. The number of hydrogen-bond acceptors (Lipinski definition) is 11. The third-order valence-corrected chi connectivity index (χ3v) is 7.48. The van der Waals surface area contributed by atoms with Crippen molar-refractivity contribution in [2.75, 3.05) is 25.1 Å². The van der Waals surface area contributed by atoms with Crippen LogP contribution in [0.25, 0.3) is 39.3 Å². The summed E-state index contributed by atoms with van der Waals surface area (Å²) >= 11 is 0. The highest BCUT2D eigenvalue weighted by Gasteiger charge is 2.47. The minimum Gasteiger partial charge on any atom is -0.387 e. The van der Waals surface area contributed by atoms with Crippen molar-refractivity contribution in [2.45, 2.75) is 43.9 Å². The molecule has 42 heavy (non-hydrogen) atoms. The summed E-state index contributed by atoms with van der Waals surface area (Å²) in [5, 5.41) is 33.0. The topological polar surface area (TPSA) is 174 Å². The number of aliphatic hydroxyl groups excluding tert-OH is 2. The number of pyridine rings is 1. The van der Waals surface area contributed by atoms with E-state index in [1.807, 2.05) is 36.4 Å². The summed E-state index contributed by atoms with van der Waals surface area (Å²) in [5.41, 5.74) is 3.16. The molecule has 14 heteroatoms. The highest BCUT2D eigenvalue weighted by atomic mass is 16.6. The molecule has 2 fully saturated rings. The summed E-state index contributed by atoms with van der Waals surface area (Å²) in [4.78, 5) is 31.2. The van der Waals surface area contributed by atoms with Crippen molar-refractivity contribution in [2.24, 2.45) is 0 Å². The maximum Gasteiger partial charge on any atom is 0.254 e. The lowest BCUT2D eigenvalue weighted by molar-refractivity contribution is -0.137. The van der Waals surface area contributed by atoms with E-state index in [4.69, 9.17) is 24.4 Å². The van der Waals surface area contributed by atoms with Gasteiger partial charge in [-0.15, -0.1) is 0 Å². The Hall–Kier alpha value is -4.50. The third-order valence-electron chi connectivity index (χ3n) is 7.48. The predicted octanol–water partition coefficient (Wildman–Crippen LogP) is 1.18. The van der Waals surface area contributed by atoms with E-state index in [9.17, 15) is 15.0 Å². The second-order valence-corrected chi connectivity index (χ2v) is 10.3. The van der Waals surface area contributed by atoms with Gasteiger partial charge in [0.2, 0.25) is 0 Å². The van der Waals surface area contributed by atoms with E-state index in [0.717, 1.165) is 28.6 Å². The number of fused-ring (bicyclic) bond motifs is 2. The summed E-state index contributed by atoms with van der Waals surface area (Å²) in [6.45, 7) is 3.27. The SMILES string of the molecule is CCNC(=O)[C@H]1O[C@@H](n2cnc3c(NC4CCOC4)nc(-n4cc(-c5ccc6ccccc6n5)cn4)nc32)[C@H](O)[C@@H]1O. The molecule has 1 aromatic carbocycles. The molecule has 2 saturated heterocycles. The molecule has 14 nitrogen and oxygen atoms in total. The van der Waals surface area contributed by atoms with Crippen molar-refractivity contribution >= 4 is 33.8 Å². The molecule has 7 rings (SSSR count). The van der Waals surface area contributed by atoms with Gasteiger partial charge in [-0.05, 0) is 25.5 Å². The Morgan fingerprint density at radius 2 is 2.00 bits per heavy atom. The Balaban J connectivity index is 1.28. The summed E-state index contributed by atoms with van der Waals surface area (Å²) in [5.74, 6) is 0.186. The zero-order valence-corrected chi connectivity index (χ0v) is 22.7. The van der Waals surface area contributed by atoms with E-state index >= 15 is 0 Å². The van der Waals surface area contributed by atoms with E-state index in [2.05, 4.69) is 20.7 Å². The summed E-state index contributed by atoms with van der Waals surface area (Å²) in [7, 11) is 0. The van der Waals surface area contributed by atoms with Gasteiger partial charge in [-0.3, -0.25) is 9.36 Å². The number of anilines is 1. The van der Waals surface area contributed by atoms with Crippen LogP contribution in [0.4, 0.5) is 5.82 Å². The molecule has 1 amide bonds. The van der Waals surface area contributed by atoms with Crippen LogP contribution >= 0.6 is 0 Å². The number of nitrogens with one attached hydrogen (secondary N) is 2. The van der Waals surface area contributed by atoms with Gasteiger partial charge in [0, 0.05) is 30.3 Å². The lowest BCUT2D eigenvalue weighted by atomic mass is 10.1. The van der Waals surface area contributed by atoms with Gasteiger partial charge in [-0.1, -0.05) is 24.3 Å². The molecular weight excluding hydrogens is 542 g/mol. The number of aliphatic hydroxyl groups is 2. The number of nitrogens with zero attached hydrogens (tertiary/aromatic N) is 7. The van der Waals surface area contributed by atoms with Crippen molar-refractivity contribution in [3.05, 3.63) is 55.1 Å². The molecule has 0 aliphatic carbocycles. The number of aromatic nitrogens is 7. The van der Waals surface area contributed by atoms with Gasteiger partial charge in [0.1, 0.15) is 12.2 Å². The number of rotatable bonds is 7. The molecule has 2 aliphatic rings. The van der Waals surface area contributed by atoms with Crippen LogP contribution in [0, 0.1) is 0 Å². The van der Waals surface area contributed by atoms with E-state index < -0.39 is 30.4 Å². The summed E-state index contributed by atoms with van der Waals surface area (Å²) < 4.78 is 14.4. The highest BCUT2D eigenvalue weighted by molar-refractivity contribution is 5.85. The third kappa shape index (κ3) is 4.63. The molecule has 6 heterocycles. The lowest BCUT2D eigenvalue weighted by Crippen LogP contribution is -2.42. The van der Waals surface area contributed by atoms with E-state index in [1.54, 1.807) is 19.3 Å². The van der Waals surface area contributed by atoms with Crippen LogP contribution in [0.2, 0.25) is 0 Å². The molecule has 1 unspecified atom stereocenters. The van der Waals surface area contributed by atoms with Crippen LogP contribution in [0.15, 0.2) is 55.1 Å². The Bertz CT molecular complexity index is 1770. The molecule has 2 aliphatic heterocycles. The van der Waals surface area contributed by atoms with Crippen molar-refractivity contribution in [3.63, 3.8) is 0 Å². The standard InChI is InChI=1S/C28H29N9O5/c1-2-29-26(40)23-21(38)22(39)27(42-23)36-14-30-20-24(32-17-9-10-41-13-17)34-28(35-25(20)36)37-12-16(11-31-37)19-8-7-15-5-3-4-6-18(15)33-19/h3-8,11-12,14,17,21-23,27,38-39H,2,9-10,13H2,1H3,(H,29,40)(H,32,34,35)/t17?,21-,22+,23-,27+/m0/s1. The maximum absolute atomic E-state index is 12.5. The highest BCUT2D eigenvalue weighted by Crippen LogP contribution is 2.33. The zero-order chi connectivity index (χ0) is 28.8. The van der Waals surface area contributed by atoms with Crippen LogP contribution < -0.4 is 10.6 Å². The van der Waals surface area contributed by atoms with Gasteiger partial charge in [0.15, 0.2) is 29.3 Å². The Labute approximate surface area is 239 Å². The average Bonchev–Trinajstić information content (AvgIpc) is 3.81. The first-order valence-electron chi connectivity index (χ1n) is 13.8. The molecule has 0 radical (unpaired) electrons. The number of ether oxygens (including phenoxy) is 2. The maximum atomic E-state index is 12.5. The first-order chi connectivity index (χ1) is 20.5. The smallest absolute Gasteiger partial charge is 0.254 e. The van der Waals surface area contributed by atoms with Gasteiger partial charge in [0.05, 0.1) is 36.4 Å². The molecule has 4 N–H and O–H groups in total. The average molecular weight is 572 g/mol. The number of para-hydroxylation sites is 1. The van der Waals surface area contributed by atoms with Crippen LogP contribution in [0.5, 0.6) is 0 Å². The normalized spacial score (nSPS) is 24.0. The van der Waals surface area contributed by atoms with Crippen LogP contribution in [0.3, 0.4) is 0 Å². The number of imidazole rings is 1. The summed E-state index contributed by atoms with van der Waals surface area (Å²) in [6, 6.07) is 11.9. The molecule has 5 atom stereocenters. The summed E-state index contributed by atoms with van der Waals surface area (Å²) in [6.07, 6.45) is 0.534. The van der Waals surface area contributed by atoms with E-state index in [-0.39, 0.29) is 12.0 Å². The first-order valence-corrected chi connectivity index (χ1v) is 13.8. The van der Waals surface area contributed by atoms with E-state index in [0.29, 0.717) is 36.7 Å². The van der Waals surface area contributed by atoms with Gasteiger partial charge >= 0.3 is 0 Å². The molecule has 0 bridgehead atoms. The molecular formula is C28H29N9O5. The Kier molecular flexibility index (Phi) is 6.74. The molecule has 5 aromatic rings. The van der Waals surface area contributed by atoms with Crippen LogP contribution in [-0.2, 0) is 14.3 Å². The van der Waals surface area contributed by atoms with Gasteiger partial charge in [-0.25, -0.2) is 14.6 Å². The van der Waals surface area contributed by atoms with Gasteiger partial charge in [-0.2, -0.15) is 15.1 Å². The minimum atomic E-state index is -1.43. The monoisotopic (exact) mass is 571 g/mol. The fraction of sp³-hybridized carbons (Fsp3) is 0.357. The first kappa shape index (κ1) is 26.4. The lowest BCUT2D eigenvalue weighted by Gasteiger charge is -2.17. The van der Waals surface area contributed by atoms with Crippen molar-refractivity contribution < 1.29 is 24.5 Å². The largest absolute Gasteiger partial charge is 0.387 e. The quantitative estimate of drug-likeness (QED) is 0.221. The number of carbonyl (C=O) groups excluding carboxylic acids is 1. The zero-order valence-electron chi connectivity index (χ0n) is 22.7. The van der Waals surface area contributed by atoms with Gasteiger partial charge in [0.25, 0.3) is 11.9 Å². The minimum absolute atomic E-state index is 0.0216. The fourth-order valence-corrected chi connectivity index (χ4v) is 5.31. The molecule has 0 saturated carbocycles. The number of hydrogen-bond donors (Lipinski definition) is 4. The second-order valence-electron chi connectivity index (χ2n) is 10.3. The molecule has 216 valence electrons. The molecule has 0 spiro atoms. The second kappa shape index (κ2) is 10.7. The Morgan fingerprint density at radius 3 is 2.83 bits per heavy atom. The van der Waals surface area contributed by atoms with Crippen LogP contribution in [-0.4, -0.2) is 94.5 Å². The van der Waals surface area contributed by atoms with E-state index in [1.165, 1.54) is 15.6 Å². The number of amides is 1. The van der Waals surface area contributed by atoms with Gasteiger partial charge < -0.3 is 30.3 Å². The predicted molar refractivity (Wildman–Crippen MR) is 151 cm³/mol. The van der Waals surface area contributed by atoms with Crippen molar-refractivity contribution in [1.82, 2.24) is 39.6 Å². The van der Waals surface area contributed by atoms with Crippen LogP contribution in [0.1, 0.15) is 19.6 Å². The number of likely N-dealkylation sites (N-methyl/N-ethyl adjacent to an activating group) is 1.